The molecule has 0 fully saturated rings. The van der Waals surface area contributed by atoms with Gasteiger partial charge in [-0.25, -0.2) is 0 Å². The summed E-state index contributed by atoms with van der Waals surface area (Å²) in [4.78, 5) is 12.3. The minimum absolute atomic E-state index is 0.0424. The number of carbonyl (C=O) groups excluding carboxylic acids is 1. The van der Waals surface area contributed by atoms with Gasteiger partial charge in [-0.2, -0.15) is 5.10 Å². The van der Waals surface area contributed by atoms with Crippen molar-refractivity contribution < 1.29 is 4.79 Å². The van der Waals surface area contributed by atoms with Crippen LogP contribution in [0.15, 0.2) is 18.2 Å². The van der Waals surface area contributed by atoms with Crippen molar-refractivity contribution in [2.75, 3.05) is 5.73 Å². The van der Waals surface area contributed by atoms with Gasteiger partial charge in [-0.1, -0.05) is 23.2 Å². The van der Waals surface area contributed by atoms with Crippen LogP contribution in [0.5, 0.6) is 0 Å². The molecule has 0 aliphatic carbocycles. The minimum atomic E-state index is -0.0424. The zero-order valence-corrected chi connectivity index (χ0v) is 12.0. The summed E-state index contributed by atoms with van der Waals surface area (Å²) in [5.41, 5.74) is 9.42. The van der Waals surface area contributed by atoms with E-state index in [2.05, 4.69) is 5.10 Å². The molecule has 0 saturated carbocycles. The average molecular weight is 278 g/mol. The number of rotatable bonds is 3. The van der Waals surface area contributed by atoms with Crippen molar-refractivity contribution in [1.82, 2.24) is 9.78 Å². The maximum atomic E-state index is 12.3. The van der Waals surface area contributed by atoms with Gasteiger partial charge in [0.2, 0.25) is 0 Å². The average Bonchev–Trinajstić information content (AvgIpc) is 2.59. The Morgan fingerprint density at radius 2 is 2.11 bits per heavy atom. The number of hydrogen-bond acceptors (Lipinski definition) is 3. The summed E-state index contributed by atoms with van der Waals surface area (Å²) in [5.74, 6) is -0.0424. The molecule has 1 heterocycles. The number of ketones is 1. The summed E-state index contributed by atoms with van der Waals surface area (Å²) < 4.78 is 1.57. The van der Waals surface area contributed by atoms with Crippen molar-refractivity contribution in [3.63, 3.8) is 0 Å². The van der Waals surface area contributed by atoms with Gasteiger partial charge in [0.15, 0.2) is 5.78 Å². The highest BCUT2D eigenvalue weighted by Crippen LogP contribution is 2.22. The standard InChI is InChI=1S/C14H16ClN3O/c1-8-4-5-12(16)11(6-8)13(19)7-10-9(2)17-18(3)14(10)15/h4-6H,7,16H2,1-3H3. The Morgan fingerprint density at radius 1 is 1.42 bits per heavy atom. The first-order valence-electron chi connectivity index (χ1n) is 5.97. The van der Waals surface area contributed by atoms with E-state index < -0.39 is 0 Å². The number of Topliss-reactive ketones (excluding diaryl/α,β-unsaturated/α-hetero) is 1. The van der Waals surface area contributed by atoms with Crippen LogP contribution in [0.1, 0.15) is 27.2 Å². The van der Waals surface area contributed by atoms with E-state index in [0.717, 1.165) is 16.8 Å². The predicted molar refractivity (Wildman–Crippen MR) is 76.6 cm³/mol. The number of halogens is 1. The molecule has 1 aromatic carbocycles. The van der Waals surface area contributed by atoms with Crippen molar-refractivity contribution in [2.24, 2.45) is 7.05 Å². The lowest BCUT2D eigenvalue weighted by Gasteiger charge is -2.06. The van der Waals surface area contributed by atoms with Gasteiger partial charge < -0.3 is 5.73 Å². The lowest BCUT2D eigenvalue weighted by molar-refractivity contribution is 0.0993. The van der Waals surface area contributed by atoms with Crippen LogP contribution in [-0.4, -0.2) is 15.6 Å². The van der Waals surface area contributed by atoms with Crippen LogP contribution in [0.25, 0.3) is 0 Å². The van der Waals surface area contributed by atoms with Crippen LogP contribution in [0.4, 0.5) is 5.69 Å². The van der Waals surface area contributed by atoms with Crippen LogP contribution in [-0.2, 0) is 13.5 Å². The van der Waals surface area contributed by atoms with E-state index in [1.165, 1.54) is 0 Å². The van der Waals surface area contributed by atoms with Gasteiger partial charge in [0.05, 0.1) is 5.69 Å². The molecule has 0 aliphatic heterocycles. The van der Waals surface area contributed by atoms with E-state index in [-0.39, 0.29) is 12.2 Å². The Labute approximate surface area is 117 Å². The highest BCUT2D eigenvalue weighted by molar-refractivity contribution is 6.30. The van der Waals surface area contributed by atoms with Gasteiger partial charge in [0, 0.05) is 30.3 Å². The maximum absolute atomic E-state index is 12.3. The van der Waals surface area contributed by atoms with Crippen LogP contribution in [0.2, 0.25) is 5.15 Å². The summed E-state index contributed by atoms with van der Waals surface area (Å²) in [6.45, 7) is 3.77. The summed E-state index contributed by atoms with van der Waals surface area (Å²) >= 11 is 6.13. The fraction of sp³-hybridized carbons (Fsp3) is 0.286. The molecule has 1 aromatic heterocycles. The molecule has 100 valence electrons. The number of nitrogens with two attached hydrogens (primary N) is 1. The monoisotopic (exact) mass is 277 g/mol. The van der Waals surface area contributed by atoms with Crippen LogP contribution in [0, 0.1) is 13.8 Å². The fourth-order valence-electron chi connectivity index (χ4n) is 2.04. The normalized spacial score (nSPS) is 10.7. The largest absolute Gasteiger partial charge is 0.398 e. The molecule has 0 radical (unpaired) electrons. The van der Waals surface area contributed by atoms with E-state index in [4.69, 9.17) is 17.3 Å². The number of nitrogens with zero attached hydrogens (tertiary/aromatic N) is 2. The molecular weight excluding hydrogens is 262 g/mol. The Kier molecular flexibility index (Phi) is 3.62. The minimum Gasteiger partial charge on any atom is -0.398 e. The van der Waals surface area contributed by atoms with Gasteiger partial charge in [0.25, 0.3) is 0 Å². The second-order valence-electron chi connectivity index (χ2n) is 4.67. The van der Waals surface area contributed by atoms with Gasteiger partial charge in [-0.05, 0) is 26.0 Å². The second kappa shape index (κ2) is 5.05. The van der Waals surface area contributed by atoms with E-state index in [0.29, 0.717) is 16.4 Å². The van der Waals surface area contributed by atoms with Gasteiger partial charge >= 0.3 is 0 Å². The molecule has 2 N–H and O–H groups in total. The van der Waals surface area contributed by atoms with Gasteiger partial charge in [-0.15, -0.1) is 0 Å². The maximum Gasteiger partial charge on any atom is 0.169 e. The van der Waals surface area contributed by atoms with E-state index in [9.17, 15) is 4.79 Å². The highest BCUT2D eigenvalue weighted by Gasteiger charge is 2.17. The zero-order chi connectivity index (χ0) is 14.2. The molecular formula is C14H16ClN3O. The summed E-state index contributed by atoms with van der Waals surface area (Å²) in [6.07, 6.45) is 0.214. The number of benzene rings is 1. The fourth-order valence-corrected chi connectivity index (χ4v) is 2.28. The van der Waals surface area contributed by atoms with Gasteiger partial charge in [-0.3, -0.25) is 9.48 Å². The third-order valence-corrected chi connectivity index (χ3v) is 3.59. The first-order chi connectivity index (χ1) is 8.90. The molecule has 0 aliphatic rings. The molecule has 0 spiro atoms. The Morgan fingerprint density at radius 3 is 2.68 bits per heavy atom. The lowest BCUT2D eigenvalue weighted by atomic mass is 10.0. The summed E-state index contributed by atoms with van der Waals surface area (Å²) in [6, 6.07) is 5.44. The number of anilines is 1. The van der Waals surface area contributed by atoms with Crippen LogP contribution in [0.3, 0.4) is 0 Å². The Hall–Kier alpha value is -1.81. The smallest absolute Gasteiger partial charge is 0.169 e. The quantitative estimate of drug-likeness (QED) is 0.693. The number of nitrogen functional groups attached to an aromatic ring is 1. The molecule has 4 nitrogen and oxygen atoms in total. The number of carbonyl (C=O) groups is 1. The van der Waals surface area contributed by atoms with Crippen molar-refractivity contribution in [1.29, 1.82) is 0 Å². The topological polar surface area (TPSA) is 60.9 Å². The van der Waals surface area contributed by atoms with E-state index >= 15 is 0 Å². The van der Waals surface area contributed by atoms with Crippen molar-refractivity contribution in [2.45, 2.75) is 20.3 Å². The first-order valence-corrected chi connectivity index (χ1v) is 6.35. The summed E-state index contributed by atoms with van der Waals surface area (Å²) in [7, 11) is 1.75. The van der Waals surface area contributed by atoms with Crippen molar-refractivity contribution in [3.8, 4) is 0 Å². The number of hydrogen-bond donors (Lipinski definition) is 1. The SMILES string of the molecule is Cc1ccc(N)c(C(=O)Cc2c(C)nn(C)c2Cl)c1. The Balaban J connectivity index is 2.33. The molecule has 0 bridgehead atoms. The molecule has 2 rings (SSSR count). The van der Waals surface area contributed by atoms with E-state index in [1.54, 1.807) is 23.9 Å². The van der Waals surface area contributed by atoms with Crippen LogP contribution < -0.4 is 5.73 Å². The molecule has 0 amide bonds. The van der Waals surface area contributed by atoms with Crippen molar-refractivity contribution in [3.05, 3.63) is 45.7 Å². The predicted octanol–water partition coefficient (Wildman–Crippen LogP) is 2.70. The molecule has 0 atom stereocenters. The first kappa shape index (κ1) is 13.6. The molecule has 0 unspecified atom stereocenters. The Bertz CT molecular complexity index is 646. The highest BCUT2D eigenvalue weighted by atomic mass is 35.5. The molecule has 19 heavy (non-hydrogen) atoms. The summed E-state index contributed by atoms with van der Waals surface area (Å²) in [5, 5.41) is 4.70. The van der Waals surface area contributed by atoms with Crippen molar-refractivity contribution >= 4 is 23.1 Å². The van der Waals surface area contributed by atoms with Gasteiger partial charge in [0.1, 0.15) is 5.15 Å². The van der Waals surface area contributed by atoms with E-state index in [1.807, 2.05) is 19.9 Å². The molecule has 0 saturated heterocycles. The lowest BCUT2D eigenvalue weighted by Crippen LogP contribution is -2.08. The third-order valence-electron chi connectivity index (χ3n) is 3.12. The molecule has 2 aromatic rings. The number of aryl methyl sites for hydroxylation is 3. The second-order valence-corrected chi connectivity index (χ2v) is 5.03. The zero-order valence-electron chi connectivity index (χ0n) is 11.2. The number of aromatic nitrogens is 2. The third kappa shape index (κ3) is 2.63. The molecule has 5 heteroatoms. The van der Waals surface area contributed by atoms with Crippen LogP contribution >= 0.6 is 11.6 Å².